The lowest BCUT2D eigenvalue weighted by atomic mass is 10.2. The van der Waals surface area contributed by atoms with Gasteiger partial charge < -0.3 is 19.9 Å². The summed E-state index contributed by atoms with van der Waals surface area (Å²) in [4.78, 5) is 19.9. The molecule has 8 heteroatoms. The van der Waals surface area contributed by atoms with Crippen LogP contribution in [0.5, 0.6) is 11.5 Å². The molecule has 0 amide bonds. The van der Waals surface area contributed by atoms with Gasteiger partial charge in [0.2, 0.25) is 12.7 Å². The first kappa shape index (κ1) is 15.5. The van der Waals surface area contributed by atoms with Gasteiger partial charge in [0.1, 0.15) is 5.03 Å². The highest BCUT2D eigenvalue weighted by atomic mass is 32.2. The van der Waals surface area contributed by atoms with Crippen LogP contribution < -0.4 is 14.8 Å². The van der Waals surface area contributed by atoms with Crippen LogP contribution in [0.3, 0.4) is 0 Å². The summed E-state index contributed by atoms with van der Waals surface area (Å²) < 4.78 is 10.7. The van der Waals surface area contributed by atoms with Gasteiger partial charge in [-0.25, -0.2) is 9.97 Å². The van der Waals surface area contributed by atoms with Crippen molar-refractivity contribution in [2.75, 3.05) is 17.9 Å². The minimum absolute atomic E-state index is 0.0650. The molecule has 0 bridgehead atoms. The van der Waals surface area contributed by atoms with Crippen molar-refractivity contribution in [3.05, 3.63) is 42.5 Å². The van der Waals surface area contributed by atoms with Gasteiger partial charge in [-0.2, -0.15) is 0 Å². The van der Waals surface area contributed by atoms with Gasteiger partial charge in [-0.05, 0) is 18.2 Å². The normalized spacial score (nSPS) is 12.3. The Morgan fingerprint density at radius 2 is 2.00 bits per heavy atom. The first-order valence-corrected chi connectivity index (χ1v) is 8.46. The standard InChI is InChI=1S/C17H13N3O4S/c21-15(22)8-25-16-11-3-1-2-4-12(11)19-17(20-16)18-10-5-6-13-14(7-10)24-9-23-13/h1-7H,8-9H2,(H,21,22)(H,18,19,20). The van der Waals surface area contributed by atoms with E-state index < -0.39 is 5.97 Å². The fourth-order valence-corrected chi connectivity index (χ4v) is 3.19. The molecule has 0 atom stereocenters. The van der Waals surface area contributed by atoms with Crippen LogP contribution in [0.1, 0.15) is 0 Å². The molecule has 3 aromatic rings. The molecule has 0 radical (unpaired) electrons. The van der Waals surface area contributed by atoms with Crippen LogP contribution in [-0.4, -0.2) is 33.6 Å². The second-order valence-electron chi connectivity index (χ2n) is 5.24. The molecule has 0 fully saturated rings. The summed E-state index contributed by atoms with van der Waals surface area (Å²) in [6.45, 7) is 0.210. The summed E-state index contributed by atoms with van der Waals surface area (Å²) in [6, 6.07) is 13.0. The van der Waals surface area contributed by atoms with Crippen LogP contribution in [-0.2, 0) is 4.79 Å². The van der Waals surface area contributed by atoms with Gasteiger partial charge in [-0.1, -0.05) is 30.0 Å². The number of thioether (sulfide) groups is 1. The summed E-state index contributed by atoms with van der Waals surface area (Å²) in [7, 11) is 0. The number of nitrogens with one attached hydrogen (secondary N) is 1. The smallest absolute Gasteiger partial charge is 0.313 e. The van der Waals surface area contributed by atoms with Gasteiger partial charge in [0.15, 0.2) is 11.5 Å². The van der Waals surface area contributed by atoms with Crippen LogP contribution in [0.2, 0.25) is 0 Å². The van der Waals surface area contributed by atoms with Gasteiger partial charge in [0.05, 0.1) is 11.3 Å². The van der Waals surface area contributed by atoms with E-state index >= 15 is 0 Å². The molecule has 0 saturated heterocycles. The van der Waals surface area contributed by atoms with Crippen molar-refractivity contribution < 1.29 is 19.4 Å². The van der Waals surface area contributed by atoms with E-state index in [0.29, 0.717) is 22.5 Å². The SMILES string of the molecule is O=C(O)CSc1nc(Nc2ccc3c(c2)OCO3)nc2ccccc12. The van der Waals surface area contributed by atoms with Crippen molar-refractivity contribution in [2.24, 2.45) is 0 Å². The molecule has 2 heterocycles. The fraction of sp³-hybridized carbons (Fsp3) is 0.118. The Labute approximate surface area is 147 Å². The average molecular weight is 355 g/mol. The van der Waals surface area contributed by atoms with Crippen LogP contribution >= 0.6 is 11.8 Å². The number of carboxylic acid groups (broad SMARTS) is 1. The Morgan fingerprint density at radius 1 is 1.16 bits per heavy atom. The molecule has 126 valence electrons. The zero-order valence-corrected chi connectivity index (χ0v) is 13.7. The Bertz CT molecular complexity index is 964. The number of nitrogens with zero attached hydrogens (tertiary/aromatic N) is 2. The summed E-state index contributed by atoms with van der Waals surface area (Å²) in [6.07, 6.45) is 0. The topological polar surface area (TPSA) is 93.6 Å². The highest BCUT2D eigenvalue weighted by Crippen LogP contribution is 2.35. The second kappa shape index (κ2) is 6.48. The first-order valence-electron chi connectivity index (χ1n) is 7.47. The molecule has 2 aromatic carbocycles. The molecule has 0 spiro atoms. The number of para-hydroxylation sites is 1. The highest BCUT2D eigenvalue weighted by molar-refractivity contribution is 8.00. The maximum Gasteiger partial charge on any atom is 0.313 e. The van der Waals surface area contributed by atoms with Gasteiger partial charge >= 0.3 is 5.97 Å². The van der Waals surface area contributed by atoms with E-state index in [1.165, 1.54) is 11.8 Å². The van der Waals surface area contributed by atoms with Crippen LogP contribution in [0.15, 0.2) is 47.5 Å². The maximum absolute atomic E-state index is 10.9. The van der Waals surface area contributed by atoms with Crippen LogP contribution in [0.4, 0.5) is 11.6 Å². The van der Waals surface area contributed by atoms with Crippen molar-refractivity contribution in [1.82, 2.24) is 9.97 Å². The van der Waals surface area contributed by atoms with Crippen molar-refractivity contribution in [3.63, 3.8) is 0 Å². The van der Waals surface area contributed by atoms with Crippen LogP contribution in [0, 0.1) is 0 Å². The van der Waals surface area contributed by atoms with Crippen molar-refractivity contribution >= 4 is 40.3 Å². The third-order valence-corrected chi connectivity index (χ3v) is 4.51. The highest BCUT2D eigenvalue weighted by Gasteiger charge is 2.14. The Kier molecular flexibility index (Phi) is 4.02. The molecular formula is C17H13N3O4S. The molecule has 0 saturated carbocycles. The minimum Gasteiger partial charge on any atom is -0.481 e. The lowest BCUT2D eigenvalue weighted by Gasteiger charge is -2.10. The lowest BCUT2D eigenvalue weighted by Crippen LogP contribution is -2.02. The number of ether oxygens (including phenoxy) is 2. The van der Waals surface area contributed by atoms with E-state index in [9.17, 15) is 4.79 Å². The van der Waals surface area contributed by atoms with E-state index in [0.717, 1.165) is 16.6 Å². The predicted molar refractivity (Wildman–Crippen MR) is 93.7 cm³/mol. The Hall–Kier alpha value is -3.00. The van der Waals surface area contributed by atoms with Gasteiger partial charge in [0, 0.05) is 17.1 Å². The zero-order valence-electron chi connectivity index (χ0n) is 12.9. The van der Waals surface area contributed by atoms with Crippen molar-refractivity contribution in [3.8, 4) is 11.5 Å². The number of benzene rings is 2. The van der Waals surface area contributed by atoms with Gasteiger partial charge in [0.25, 0.3) is 0 Å². The van der Waals surface area contributed by atoms with E-state index in [2.05, 4.69) is 15.3 Å². The molecule has 1 aliphatic rings. The summed E-state index contributed by atoms with van der Waals surface area (Å²) >= 11 is 1.17. The largest absolute Gasteiger partial charge is 0.481 e. The molecule has 4 rings (SSSR count). The number of fused-ring (bicyclic) bond motifs is 2. The van der Waals surface area contributed by atoms with Gasteiger partial charge in [-0.3, -0.25) is 4.79 Å². The maximum atomic E-state index is 10.9. The van der Waals surface area contributed by atoms with Crippen LogP contribution in [0.25, 0.3) is 10.9 Å². The Balaban J connectivity index is 1.68. The molecule has 0 unspecified atom stereocenters. The molecule has 0 aliphatic carbocycles. The number of carboxylic acids is 1. The summed E-state index contributed by atoms with van der Waals surface area (Å²) in [5.41, 5.74) is 1.50. The third-order valence-electron chi connectivity index (χ3n) is 3.53. The number of aliphatic carboxylic acids is 1. The molecule has 1 aromatic heterocycles. The number of rotatable bonds is 5. The molecule has 7 nitrogen and oxygen atoms in total. The molecule has 2 N–H and O–H groups in total. The molecule has 1 aliphatic heterocycles. The monoisotopic (exact) mass is 355 g/mol. The quantitative estimate of drug-likeness (QED) is 0.532. The van der Waals surface area contributed by atoms with Crippen molar-refractivity contribution in [1.29, 1.82) is 0 Å². The van der Waals surface area contributed by atoms with E-state index in [1.807, 2.05) is 42.5 Å². The van der Waals surface area contributed by atoms with E-state index in [1.54, 1.807) is 0 Å². The lowest BCUT2D eigenvalue weighted by molar-refractivity contribution is -0.133. The number of anilines is 2. The van der Waals surface area contributed by atoms with E-state index in [-0.39, 0.29) is 12.5 Å². The average Bonchev–Trinajstić information content (AvgIpc) is 3.07. The number of hydrogen-bond donors (Lipinski definition) is 2. The van der Waals surface area contributed by atoms with Crippen molar-refractivity contribution in [2.45, 2.75) is 5.03 Å². The third kappa shape index (κ3) is 3.29. The number of aromatic nitrogens is 2. The fourth-order valence-electron chi connectivity index (χ4n) is 2.45. The second-order valence-corrected chi connectivity index (χ2v) is 6.21. The summed E-state index contributed by atoms with van der Waals surface area (Å²) in [5, 5.41) is 13.5. The van der Waals surface area contributed by atoms with Gasteiger partial charge in [-0.15, -0.1) is 0 Å². The molecule has 25 heavy (non-hydrogen) atoms. The first-order chi connectivity index (χ1) is 12.2. The number of hydrogen-bond acceptors (Lipinski definition) is 7. The minimum atomic E-state index is -0.891. The molecular weight excluding hydrogens is 342 g/mol. The van der Waals surface area contributed by atoms with E-state index in [4.69, 9.17) is 14.6 Å². The zero-order chi connectivity index (χ0) is 17.2. The predicted octanol–water partition coefficient (Wildman–Crippen LogP) is 3.28. The number of carbonyl (C=O) groups is 1. The Morgan fingerprint density at radius 3 is 2.88 bits per heavy atom. The summed E-state index contributed by atoms with van der Waals surface area (Å²) in [5.74, 6) is 0.794.